The Kier molecular flexibility index (Phi) is 3.56. The first-order chi connectivity index (χ1) is 7.89. The predicted molar refractivity (Wildman–Crippen MR) is 69.6 cm³/mol. The molecule has 0 saturated heterocycles. The van der Waals surface area contributed by atoms with E-state index in [0.29, 0.717) is 5.01 Å². The van der Waals surface area contributed by atoms with Gasteiger partial charge in [-0.05, 0) is 12.8 Å². The molecule has 1 aliphatic carbocycles. The first-order valence-electron chi connectivity index (χ1n) is 5.81. The van der Waals surface area contributed by atoms with Gasteiger partial charge in [0.05, 0.1) is 11.2 Å². The SMILES string of the molecule is CS(=O)(=O)Cc1nc(C2(N)CCCCC2)cs1. The summed E-state index contributed by atoms with van der Waals surface area (Å²) in [4.78, 5) is 4.41. The third-order valence-corrected chi connectivity index (χ3v) is 5.02. The van der Waals surface area contributed by atoms with Crippen LogP contribution in [0.3, 0.4) is 0 Å². The zero-order valence-electron chi connectivity index (χ0n) is 9.98. The normalized spacial score (nSPS) is 20.4. The van der Waals surface area contributed by atoms with Gasteiger partial charge < -0.3 is 5.73 Å². The first-order valence-corrected chi connectivity index (χ1v) is 8.75. The van der Waals surface area contributed by atoms with Gasteiger partial charge in [-0.3, -0.25) is 0 Å². The molecule has 1 aromatic rings. The largest absolute Gasteiger partial charge is 0.320 e. The molecule has 0 unspecified atom stereocenters. The molecule has 2 rings (SSSR count). The van der Waals surface area contributed by atoms with Gasteiger partial charge in [0.1, 0.15) is 10.8 Å². The lowest BCUT2D eigenvalue weighted by molar-refractivity contribution is 0.296. The van der Waals surface area contributed by atoms with Crippen molar-refractivity contribution in [3.8, 4) is 0 Å². The number of aromatic nitrogens is 1. The fraction of sp³-hybridized carbons (Fsp3) is 0.727. The molecule has 96 valence electrons. The van der Waals surface area contributed by atoms with Crippen LogP contribution in [0, 0.1) is 0 Å². The average molecular weight is 274 g/mol. The number of thiazole rings is 1. The number of hydrogen-bond acceptors (Lipinski definition) is 5. The molecule has 4 nitrogen and oxygen atoms in total. The molecule has 17 heavy (non-hydrogen) atoms. The Hall–Kier alpha value is -0.460. The molecule has 1 heterocycles. The molecule has 0 spiro atoms. The highest BCUT2D eigenvalue weighted by atomic mass is 32.2. The van der Waals surface area contributed by atoms with Crippen LogP contribution in [0.1, 0.15) is 42.8 Å². The van der Waals surface area contributed by atoms with Crippen molar-refractivity contribution in [3.63, 3.8) is 0 Å². The molecule has 1 saturated carbocycles. The molecule has 2 N–H and O–H groups in total. The van der Waals surface area contributed by atoms with E-state index in [2.05, 4.69) is 4.98 Å². The maximum Gasteiger partial charge on any atom is 0.153 e. The average Bonchev–Trinajstić information content (AvgIpc) is 2.65. The summed E-state index contributed by atoms with van der Waals surface area (Å²) in [6.45, 7) is 0. The Bertz CT molecular complexity index is 487. The summed E-state index contributed by atoms with van der Waals surface area (Å²) in [5.41, 5.74) is 6.90. The number of rotatable bonds is 3. The van der Waals surface area contributed by atoms with E-state index in [-0.39, 0.29) is 11.3 Å². The van der Waals surface area contributed by atoms with E-state index in [4.69, 9.17) is 5.73 Å². The molecule has 1 aromatic heterocycles. The highest BCUT2D eigenvalue weighted by molar-refractivity contribution is 7.90. The van der Waals surface area contributed by atoms with E-state index in [1.165, 1.54) is 24.0 Å². The lowest BCUT2D eigenvalue weighted by Crippen LogP contribution is -2.38. The van der Waals surface area contributed by atoms with Crippen LogP contribution in [-0.2, 0) is 21.1 Å². The van der Waals surface area contributed by atoms with Crippen LogP contribution in [-0.4, -0.2) is 19.7 Å². The Balaban J connectivity index is 2.17. The van der Waals surface area contributed by atoms with Gasteiger partial charge in [-0.25, -0.2) is 13.4 Å². The van der Waals surface area contributed by atoms with Gasteiger partial charge in [-0.15, -0.1) is 11.3 Å². The van der Waals surface area contributed by atoms with Gasteiger partial charge in [0.15, 0.2) is 9.84 Å². The number of nitrogens with two attached hydrogens (primary N) is 1. The lowest BCUT2D eigenvalue weighted by Gasteiger charge is -2.31. The van der Waals surface area contributed by atoms with Crippen LogP contribution in [0.5, 0.6) is 0 Å². The molecule has 1 aliphatic rings. The van der Waals surface area contributed by atoms with Crippen molar-refractivity contribution in [2.45, 2.75) is 43.4 Å². The Morgan fingerprint density at radius 1 is 1.41 bits per heavy atom. The Morgan fingerprint density at radius 2 is 2.06 bits per heavy atom. The maximum atomic E-state index is 11.2. The summed E-state index contributed by atoms with van der Waals surface area (Å²) in [6.07, 6.45) is 6.64. The van der Waals surface area contributed by atoms with E-state index in [9.17, 15) is 8.42 Å². The summed E-state index contributed by atoms with van der Waals surface area (Å²) in [7, 11) is -3.01. The van der Waals surface area contributed by atoms with Crippen molar-refractivity contribution in [1.29, 1.82) is 0 Å². The van der Waals surface area contributed by atoms with Crippen LogP contribution in [0.15, 0.2) is 5.38 Å². The molecule has 0 amide bonds. The maximum absolute atomic E-state index is 11.2. The second kappa shape index (κ2) is 4.66. The molecule has 0 bridgehead atoms. The van der Waals surface area contributed by atoms with Crippen molar-refractivity contribution >= 4 is 21.2 Å². The van der Waals surface area contributed by atoms with Crippen molar-refractivity contribution in [3.05, 3.63) is 16.1 Å². The van der Waals surface area contributed by atoms with Gasteiger partial charge in [0.25, 0.3) is 0 Å². The second-order valence-electron chi connectivity index (χ2n) is 4.91. The summed E-state index contributed by atoms with van der Waals surface area (Å²) in [5.74, 6) is 0.0216. The molecule has 1 fully saturated rings. The predicted octanol–water partition coefficient (Wildman–Crippen LogP) is 1.81. The van der Waals surface area contributed by atoms with E-state index in [0.717, 1.165) is 31.4 Å². The van der Waals surface area contributed by atoms with Crippen LogP contribution in [0.2, 0.25) is 0 Å². The smallest absolute Gasteiger partial charge is 0.153 e. The van der Waals surface area contributed by atoms with Crippen LogP contribution in [0.4, 0.5) is 0 Å². The summed E-state index contributed by atoms with van der Waals surface area (Å²) < 4.78 is 22.4. The fourth-order valence-corrected chi connectivity index (χ4v) is 4.38. The molecule has 0 atom stereocenters. The zero-order chi connectivity index (χ0) is 12.5. The minimum atomic E-state index is -3.01. The van der Waals surface area contributed by atoms with Crippen molar-refractivity contribution < 1.29 is 8.42 Å². The highest BCUT2D eigenvalue weighted by Gasteiger charge is 2.31. The number of nitrogens with zero attached hydrogens (tertiary/aromatic N) is 1. The standard InChI is InChI=1S/C11H18N2O2S2/c1-17(14,15)8-10-13-9(7-16-10)11(12)5-3-2-4-6-11/h7H,2-6,8,12H2,1H3. The second-order valence-corrected chi connectivity index (χ2v) is 8.00. The van der Waals surface area contributed by atoms with Gasteiger partial charge in [-0.2, -0.15) is 0 Å². The molecular formula is C11H18N2O2S2. The molecule has 0 radical (unpaired) electrons. The third-order valence-electron chi connectivity index (χ3n) is 3.19. The van der Waals surface area contributed by atoms with Crippen molar-refractivity contribution in [2.24, 2.45) is 5.73 Å². The first kappa shape index (κ1) is 13.0. The van der Waals surface area contributed by atoms with Gasteiger partial charge in [0.2, 0.25) is 0 Å². The zero-order valence-corrected chi connectivity index (χ0v) is 11.6. The summed E-state index contributed by atoms with van der Waals surface area (Å²) in [5, 5.41) is 2.57. The van der Waals surface area contributed by atoms with Gasteiger partial charge >= 0.3 is 0 Å². The lowest BCUT2D eigenvalue weighted by atomic mass is 9.81. The Morgan fingerprint density at radius 3 is 2.65 bits per heavy atom. The minimum absolute atomic E-state index is 0.0216. The van der Waals surface area contributed by atoms with Gasteiger partial charge in [-0.1, -0.05) is 19.3 Å². The van der Waals surface area contributed by atoms with E-state index < -0.39 is 9.84 Å². The summed E-state index contributed by atoms with van der Waals surface area (Å²) >= 11 is 1.40. The third kappa shape index (κ3) is 3.26. The van der Waals surface area contributed by atoms with E-state index >= 15 is 0 Å². The van der Waals surface area contributed by atoms with Gasteiger partial charge in [0, 0.05) is 11.6 Å². The fourth-order valence-electron chi connectivity index (χ4n) is 2.27. The molecule has 0 aliphatic heterocycles. The molecule has 6 heteroatoms. The topological polar surface area (TPSA) is 73.0 Å². The summed E-state index contributed by atoms with van der Waals surface area (Å²) in [6, 6.07) is 0. The quantitative estimate of drug-likeness (QED) is 0.912. The van der Waals surface area contributed by atoms with E-state index in [1.807, 2.05) is 5.38 Å². The van der Waals surface area contributed by atoms with Crippen LogP contribution >= 0.6 is 11.3 Å². The monoisotopic (exact) mass is 274 g/mol. The van der Waals surface area contributed by atoms with Crippen molar-refractivity contribution in [1.82, 2.24) is 4.98 Å². The van der Waals surface area contributed by atoms with Crippen LogP contribution < -0.4 is 5.73 Å². The highest BCUT2D eigenvalue weighted by Crippen LogP contribution is 2.35. The minimum Gasteiger partial charge on any atom is -0.320 e. The number of hydrogen-bond donors (Lipinski definition) is 1. The molecule has 0 aromatic carbocycles. The van der Waals surface area contributed by atoms with Crippen molar-refractivity contribution in [2.75, 3.05) is 6.26 Å². The van der Waals surface area contributed by atoms with E-state index in [1.54, 1.807) is 0 Å². The van der Waals surface area contributed by atoms with Crippen LogP contribution in [0.25, 0.3) is 0 Å². The number of sulfone groups is 1. The Labute approximate surface area is 106 Å². The molecular weight excluding hydrogens is 256 g/mol.